The molecule has 0 aliphatic rings. The second-order valence-corrected chi connectivity index (χ2v) is 7.42. The number of benzene rings is 1. The summed E-state index contributed by atoms with van der Waals surface area (Å²) in [7, 11) is -1.22. The van der Waals surface area contributed by atoms with Gasteiger partial charge in [-0.2, -0.15) is 0 Å². The fraction of sp³-hybridized carbons (Fsp3) is 0.385. The van der Waals surface area contributed by atoms with E-state index < -0.39 is 9.84 Å². The molecule has 0 saturated heterocycles. The highest BCUT2D eigenvalue weighted by Crippen LogP contribution is 2.27. The Morgan fingerprint density at radius 1 is 1.33 bits per heavy atom. The summed E-state index contributed by atoms with van der Waals surface area (Å²) in [6.45, 7) is 3.41. The van der Waals surface area contributed by atoms with E-state index in [4.69, 9.17) is 5.73 Å². The first kappa shape index (κ1) is 13.0. The van der Waals surface area contributed by atoms with Crippen molar-refractivity contribution in [3.05, 3.63) is 30.0 Å². The van der Waals surface area contributed by atoms with Crippen LogP contribution in [0, 0.1) is 0 Å². The number of nitrogen functional groups attached to an aromatic ring is 1. The van der Waals surface area contributed by atoms with Gasteiger partial charge in [-0.3, -0.25) is 0 Å². The second kappa shape index (κ2) is 4.31. The fourth-order valence-electron chi connectivity index (χ4n) is 2.08. The molecule has 98 valence electrons. The summed E-state index contributed by atoms with van der Waals surface area (Å²) in [6.07, 6.45) is 1.85. The van der Waals surface area contributed by atoms with Crippen molar-refractivity contribution in [3.8, 4) is 0 Å². The molecule has 1 heterocycles. The molecule has 0 radical (unpaired) electrons. The maximum atomic E-state index is 12.0. The molecule has 0 bridgehead atoms. The van der Waals surface area contributed by atoms with Crippen molar-refractivity contribution in [1.82, 2.24) is 4.57 Å². The minimum atomic E-state index is -3.10. The molecule has 18 heavy (non-hydrogen) atoms. The second-order valence-electron chi connectivity index (χ2n) is 4.86. The quantitative estimate of drug-likeness (QED) is 0.865. The van der Waals surface area contributed by atoms with E-state index in [1.807, 2.05) is 36.0 Å². The molecular weight excluding hydrogens is 248 g/mol. The molecule has 2 aromatic rings. The number of aromatic nitrogens is 1. The van der Waals surface area contributed by atoms with E-state index in [2.05, 4.69) is 0 Å². The van der Waals surface area contributed by atoms with Crippen LogP contribution in [0.4, 0.5) is 5.69 Å². The van der Waals surface area contributed by atoms with E-state index in [9.17, 15) is 8.42 Å². The van der Waals surface area contributed by atoms with Crippen molar-refractivity contribution < 1.29 is 8.42 Å². The smallest absolute Gasteiger partial charge is 0.156 e. The van der Waals surface area contributed by atoms with Crippen molar-refractivity contribution in [1.29, 1.82) is 0 Å². The monoisotopic (exact) mass is 266 g/mol. The number of anilines is 1. The maximum Gasteiger partial charge on any atom is 0.156 e. The molecule has 0 amide bonds. The number of para-hydroxylation sites is 1. The molecule has 0 atom stereocenters. The third kappa shape index (κ3) is 2.10. The van der Waals surface area contributed by atoms with E-state index in [0.717, 1.165) is 16.5 Å². The number of fused-ring (bicyclic) bond motifs is 1. The van der Waals surface area contributed by atoms with Crippen molar-refractivity contribution in [2.45, 2.75) is 24.9 Å². The van der Waals surface area contributed by atoms with Crippen molar-refractivity contribution >= 4 is 26.4 Å². The first-order valence-electron chi connectivity index (χ1n) is 5.87. The Bertz CT molecular complexity index is 684. The van der Waals surface area contributed by atoms with Crippen molar-refractivity contribution in [2.24, 2.45) is 7.05 Å². The van der Waals surface area contributed by atoms with Gasteiger partial charge in [0, 0.05) is 18.6 Å². The van der Waals surface area contributed by atoms with Crippen molar-refractivity contribution in [2.75, 3.05) is 5.73 Å². The van der Waals surface area contributed by atoms with Gasteiger partial charge >= 0.3 is 0 Å². The molecule has 0 unspecified atom stereocenters. The normalized spacial score (nSPS) is 12.4. The van der Waals surface area contributed by atoms with Crippen LogP contribution in [0.1, 0.15) is 19.4 Å². The molecule has 4 nitrogen and oxygen atoms in total. The molecular formula is C13H18N2O2S. The van der Waals surface area contributed by atoms with Gasteiger partial charge in [0.2, 0.25) is 0 Å². The summed E-state index contributed by atoms with van der Waals surface area (Å²) in [6, 6.07) is 5.59. The molecule has 0 spiro atoms. The Morgan fingerprint density at radius 3 is 2.61 bits per heavy atom. The third-order valence-electron chi connectivity index (χ3n) is 3.19. The highest BCUT2D eigenvalue weighted by Gasteiger charge is 2.20. The Kier molecular flexibility index (Phi) is 3.11. The molecule has 0 aliphatic heterocycles. The Labute approximate surface area is 107 Å². The van der Waals surface area contributed by atoms with E-state index in [1.165, 1.54) is 0 Å². The standard InChI is InChI=1S/C13H18N2O2S/c1-9(2)18(16,17)8-10-7-15(3)13-11(10)5-4-6-12(13)14/h4-7,9H,8,14H2,1-3H3. The van der Waals surface area contributed by atoms with Crippen molar-refractivity contribution in [3.63, 3.8) is 0 Å². The SMILES string of the molecule is CC(C)S(=O)(=O)Cc1cn(C)c2c(N)cccc12. The molecule has 5 heteroatoms. The number of rotatable bonds is 3. The zero-order chi connectivity index (χ0) is 13.5. The summed E-state index contributed by atoms with van der Waals surface area (Å²) in [5, 5.41) is 0.551. The van der Waals surface area contributed by atoms with Crippen LogP contribution in [0.15, 0.2) is 24.4 Å². The van der Waals surface area contributed by atoms with Gasteiger partial charge < -0.3 is 10.3 Å². The van der Waals surface area contributed by atoms with Gasteiger partial charge in [0.15, 0.2) is 9.84 Å². The molecule has 2 N–H and O–H groups in total. The average molecular weight is 266 g/mol. The zero-order valence-corrected chi connectivity index (χ0v) is 11.7. The number of sulfone groups is 1. The lowest BCUT2D eigenvalue weighted by atomic mass is 10.2. The summed E-state index contributed by atoms with van der Waals surface area (Å²) in [5.74, 6) is 0.0610. The van der Waals surface area contributed by atoms with Gasteiger partial charge in [0.25, 0.3) is 0 Å². The highest BCUT2D eigenvalue weighted by molar-refractivity contribution is 7.91. The first-order chi connectivity index (χ1) is 8.33. The Hall–Kier alpha value is -1.49. The average Bonchev–Trinajstić information content (AvgIpc) is 2.56. The zero-order valence-electron chi connectivity index (χ0n) is 10.8. The van der Waals surface area contributed by atoms with Crippen LogP contribution in [0.25, 0.3) is 10.9 Å². The fourth-order valence-corrected chi connectivity index (χ4v) is 3.08. The number of hydrogen-bond donors (Lipinski definition) is 1. The van der Waals surface area contributed by atoms with Crippen LogP contribution in [0.5, 0.6) is 0 Å². The van der Waals surface area contributed by atoms with Crippen LogP contribution in [-0.4, -0.2) is 18.2 Å². The van der Waals surface area contributed by atoms with E-state index in [1.54, 1.807) is 13.8 Å². The van der Waals surface area contributed by atoms with Crippen LogP contribution in [0.2, 0.25) is 0 Å². The molecule has 0 saturated carbocycles. The topological polar surface area (TPSA) is 65.1 Å². The number of nitrogens with two attached hydrogens (primary N) is 1. The van der Waals surface area contributed by atoms with Gasteiger partial charge in [0.05, 0.1) is 22.2 Å². The molecule has 2 rings (SSSR count). The number of hydrogen-bond acceptors (Lipinski definition) is 3. The summed E-state index contributed by atoms with van der Waals surface area (Å²) >= 11 is 0. The Morgan fingerprint density at radius 2 is 2.00 bits per heavy atom. The number of aryl methyl sites for hydroxylation is 1. The molecule has 1 aromatic carbocycles. The lowest BCUT2D eigenvalue weighted by Gasteiger charge is -2.06. The minimum absolute atomic E-state index is 0.0610. The van der Waals surface area contributed by atoms with Gasteiger partial charge in [-0.1, -0.05) is 12.1 Å². The largest absolute Gasteiger partial charge is 0.397 e. The van der Waals surface area contributed by atoms with Crippen LogP contribution in [0.3, 0.4) is 0 Å². The summed E-state index contributed by atoms with van der Waals surface area (Å²) in [5.41, 5.74) is 8.30. The van der Waals surface area contributed by atoms with Gasteiger partial charge in [-0.25, -0.2) is 8.42 Å². The Balaban J connectivity index is 2.58. The van der Waals surface area contributed by atoms with E-state index in [0.29, 0.717) is 5.69 Å². The summed E-state index contributed by atoms with van der Waals surface area (Å²) < 4.78 is 25.9. The van der Waals surface area contributed by atoms with Crippen LogP contribution < -0.4 is 5.73 Å². The van der Waals surface area contributed by atoms with Crippen LogP contribution in [-0.2, 0) is 22.6 Å². The third-order valence-corrected chi connectivity index (χ3v) is 5.34. The predicted octanol–water partition coefficient (Wildman–Crippen LogP) is 2.08. The predicted molar refractivity (Wildman–Crippen MR) is 75.1 cm³/mol. The number of nitrogens with zero attached hydrogens (tertiary/aromatic N) is 1. The molecule has 0 aliphatic carbocycles. The van der Waals surface area contributed by atoms with Gasteiger partial charge in [-0.05, 0) is 25.5 Å². The van der Waals surface area contributed by atoms with E-state index >= 15 is 0 Å². The lowest BCUT2D eigenvalue weighted by molar-refractivity contribution is 0.586. The van der Waals surface area contributed by atoms with Crippen LogP contribution >= 0.6 is 0 Å². The van der Waals surface area contributed by atoms with Gasteiger partial charge in [-0.15, -0.1) is 0 Å². The minimum Gasteiger partial charge on any atom is -0.397 e. The lowest BCUT2D eigenvalue weighted by Crippen LogP contribution is -2.15. The van der Waals surface area contributed by atoms with Gasteiger partial charge in [0.1, 0.15) is 0 Å². The molecule has 1 aromatic heterocycles. The summed E-state index contributed by atoms with van der Waals surface area (Å²) in [4.78, 5) is 0. The highest BCUT2D eigenvalue weighted by atomic mass is 32.2. The van der Waals surface area contributed by atoms with E-state index in [-0.39, 0.29) is 11.0 Å². The maximum absolute atomic E-state index is 12.0. The first-order valence-corrected chi connectivity index (χ1v) is 7.58. The molecule has 0 fully saturated rings.